The molecule has 0 fully saturated rings. The monoisotopic (exact) mass is 385 g/mol. The number of anilines is 1. The zero-order chi connectivity index (χ0) is 20.4. The molecule has 1 aliphatic rings. The molecule has 2 N–H and O–H groups in total. The summed E-state index contributed by atoms with van der Waals surface area (Å²) in [6, 6.07) is 23.3. The van der Waals surface area contributed by atoms with Crippen LogP contribution in [0.15, 0.2) is 78.9 Å². The molecule has 144 valence electrons. The Bertz CT molecular complexity index is 1100. The predicted molar refractivity (Wildman–Crippen MR) is 111 cm³/mol. The second kappa shape index (κ2) is 7.64. The summed E-state index contributed by atoms with van der Waals surface area (Å²) >= 11 is 0. The molecule has 1 aliphatic heterocycles. The first-order valence-corrected chi connectivity index (χ1v) is 9.25. The van der Waals surface area contributed by atoms with E-state index in [1.165, 1.54) is 0 Å². The molecule has 3 aromatic rings. The van der Waals surface area contributed by atoms with Gasteiger partial charge in [0.1, 0.15) is 17.1 Å². The molecular weight excluding hydrogens is 366 g/mol. The fraction of sp³-hybridized carbons (Fsp3) is 0.0833. The number of carboxylic acid groups (broad SMARTS) is 1. The highest BCUT2D eigenvalue weighted by molar-refractivity contribution is 6.22. The molecule has 0 aliphatic carbocycles. The summed E-state index contributed by atoms with van der Waals surface area (Å²) in [4.78, 5) is 24.1. The van der Waals surface area contributed by atoms with E-state index in [1.54, 1.807) is 42.5 Å². The minimum Gasteiger partial charge on any atom is -0.478 e. The van der Waals surface area contributed by atoms with Crippen LogP contribution >= 0.6 is 0 Å². The van der Waals surface area contributed by atoms with Crippen molar-refractivity contribution in [3.05, 3.63) is 95.6 Å². The van der Waals surface area contributed by atoms with Gasteiger partial charge in [-0.3, -0.25) is 4.79 Å². The van der Waals surface area contributed by atoms with E-state index in [-0.39, 0.29) is 23.2 Å². The number of carbonyl (C=O) groups excluding carboxylic acids is 1. The van der Waals surface area contributed by atoms with Crippen LogP contribution in [0.5, 0.6) is 5.75 Å². The third-order valence-electron chi connectivity index (χ3n) is 4.90. The lowest BCUT2D eigenvalue weighted by atomic mass is 10.0. The minimum absolute atomic E-state index is 0.0634. The Morgan fingerprint density at radius 1 is 0.931 bits per heavy atom. The van der Waals surface area contributed by atoms with Gasteiger partial charge in [0.2, 0.25) is 5.91 Å². The second-order valence-corrected chi connectivity index (χ2v) is 6.80. The summed E-state index contributed by atoms with van der Waals surface area (Å²) in [5.74, 6) is -0.714. The molecule has 5 nitrogen and oxygen atoms in total. The number of carboxylic acids is 1. The van der Waals surface area contributed by atoms with Crippen molar-refractivity contribution in [2.45, 2.75) is 12.8 Å². The highest BCUT2D eigenvalue weighted by Crippen LogP contribution is 2.37. The summed E-state index contributed by atoms with van der Waals surface area (Å²) in [5, 5.41) is 12.8. The van der Waals surface area contributed by atoms with Gasteiger partial charge >= 0.3 is 5.97 Å². The maximum atomic E-state index is 12.2. The van der Waals surface area contributed by atoms with E-state index in [0.717, 1.165) is 11.3 Å². The van der Waals surface area contributed by atoms with Crippen molar-refractivity contribution >= 4 is 28.9 Å². The average molecular weight is 385 g/mol. The molecule has 0 spiro atoms. The normalized spacial score (nSPS) is 15.9. The van der Waals surface area contributed by atoms with Crippen LogP contribution in [0.2, 0.25) is 0 Å². The molecule has 5 heteroatoms. The number of hydrogen-bond acceptors (Lipinski definition) is 3. The Kier molecular flexibility index (Phi) is 4.87. The van der Waals surface area contributed by atoms with Gasteiger partial charge in [-0.25, -0.2) is 4.79 Å². The average Bonchev–Trinajstić information content (AvgIpc) is 3.02. The summed E-state index contributed by atoms with van der Waals surface area (Å²) in [6.07, 6.45) is 0. The van der Waals surface area contributed by atoms with Crippen molar-refractivity contribution < 1.29 is 19.4 Å². The Morgan fingerprint density at radius 2 is 1.55 bits per heavy atom. The standard InChI is InChI=1S/C24H19NO4/c1-15-19-14-18(12-13-20(19)25-23(15)26)29-22(17-10-6-3-7-11-17)21(24(27)28)16-8-4-2-5-9-16/h2-15H,1H3,(H,25,26)(H,27,28). The van der Waals surface area contributed by atoms with E-state index < -0.39 is 5.97 Å². The molecule has 0 bridgehead atoms. The van der Waals surface area contributed by atoms with Crippen LogP contribution in [0.4, 0.5) is 5.69 Å². The lowest BCUT2D eigenvalue weighted by Gasteiger charge is -2.16. The number of aliphatic carboxylic acids is 1. The maximum absolute atomic E-state index is 12.2. The topological polar surface area (TPSA) is 75.6 Å². The highest BCUT2D eigenvalue weighted by atomic mass is 16.5. The molecule has 3 aromatic carbocycles. The minimum atomic E-state index is -1.08. The molecule has 0 radical (unpaired) electrons. The van der Waals surface area contributed by atoms with Crippen molar-refractivity contribution in [3.63, 3.8) is 0 Å². The van der Waals surface area contributed by atoms with Crippen LogP contribution in [0.25, 0.3) is 11.3 Å². The maximum Gasteiger partial charge on any atom is 0.340 e. The second-order valence-electron chi connectivity index (χ2n) is 6.80. The van der Waals surface area contributed by atoms with E-state index in [0.29, 0.717) is 16.9 Å². The van der Waals surface area contributed by atoms with Gasteiger partial charge in [0.25, 0.3) is 0 Å². The zero-order valence-corrected chi connectivity index (χ0v) is 15.8. The van der Waals surface area contributed by atoms with Crippen LogP contribution in [0, 0.1) is 0 Å². The number of hydrogen-bond donors (Lipinski definition) is 2. The van der Waals surface area contributed by atoms with Crippen molar-refractivity contribution in [3.8, 4) is 5.75 Å². The fourth-order valence-electron chi connectivity index (χ4n) is 3.38. The Labute approximate surface area is 168 Å². The number of nitrogens with one attached hydrogen (secondary N) is 1. The van der Waals surface area contributed by atoms with Gasteiger partial charge < -0.3 is 15.2 Å². The van der Waals surface area contributed by atoms with E-state index in [2.05, 4.69) is 5.32 Å². The van der Waals surface area contributed by atoms with E-state index in [1.807, 2.05) is 43.3 Å². The molecule has 4 rings (SSSR count). The highest BCUT2D eigenvalue weighted by Gasteiger charge is 2.27. The molecule has 1 unspecified atom stereocenters. The number of ether oxygens (including phenoxy) is 1. The fourth-order valence-corrected chi connectivity index (χ4v) is 3.38. The smallest absolute Gasteiger partial charge is 0.340 e. The number of amides is 1. The molecule has 29 heavy (non-hydrogen) atoms. The van der Waals surface area contributed by atoms with Crippen molar-refractivity contribution in [1.82, 2.24) is 0 Å². The molecule has 0 aromatic heterocycles. The van der Waals surface area contributed by atoms with Crippen LogP contribution in [0.1, 0.15) is 29.5 Å². The van der Waals surface area contributed by atoms with E-state index >= 15 is 0 Å². The Balaban J connectivity index is 1.85. The number of benzene rings is 3. The first kappa shape index (κ1) is 18.5. The lowest BCUT2D eigenvalue weighted by molar-refractivity contribution is -0.130. The van der Waals surface area contributed by atoms with Crippen LogP contribution in [-0.4, -0.2) is 17.0 Å². The third kappa shape index (κ3) is 3.62. The quantitative estimate of drug-likeness (QED) is 0.377. The van der Waals surface area contributed by atoms with Gasteiger partial charge in [0.15, 0.2) is 0 Å². The van der Waals surface area contributed by atoms with Crippen LogP contribution in [0.3, 0.4) is 0 Å². The van der Waals surface area contributed by atoms with Gasteiger partial charge in [0, 0.05) is 11.3 Å². The lowest BCUT2D eigenvalue weighted by Crippen LogP contribution is -2.08. The van der Waals surface area contributed by atoms with E-state index in [4.69, 9.17) is 4.74 Å². The van der Waals surface area contributed by atoms with Gasteiger partial charge in [-0.1, -0.05) is 60.7 Å². The number of fused-ring (bicyclic) bond motifs is 1. The number of carbonyl (C=O) groups is 2. The first-order chi connectivity index (χ1) is 14.0. The molecule has 0 saturated carbocycles. The zero-order valence-electron chi connectivity index (χ0n) is 15.8. The third-order valence-corrected chi connectivity index (χ3v) is 4.90. The molecule has 1 heterocycles. The Morgan fingerprint density at radius 3 is 2.17 bits per heavy atom. The molecule has 0 saturated heterocycles. The summed E-state index contributed by atoms with van der Waals surface area (Å²) in [6.45, 7) is 1.82. The van der Waals surface area contributed by atoms with Crippen LogP contribution in [-0.2, 0) is 9.59 Å². The van der Waals surface area contributed by atoms with Gasteiger partial charge in [-0.15, -0.1) is 0 Å². The largest absolute Gasteiger partial charge is 0.478 e. The van der Waals surface area contributed by atoms with Gasteiger partial charge in [-0.05, 0) is 36.2 Å². The summed E-state index contributed by atoms with van der Waals surface area (Å²) in [5.41, 5.74) is 2.85. The Hall–Kier alpha value is -3.86. The number of rotatable bonds is 5. The van der Waals surface area contributed by atoms with Crippen molar-refractivity contribution in [2.24, 2.45) is 0 Å². The predicted octanol–water partition coefficient (Wildman–Crippen LogP) is 4.77. The summed E-state index contributed by atoms with van der Waals surface area (Å²) < 4.78 is 6.15. The molecule has 1 atom stereocenters. The first-order valence-electron chi connectivity index (χ1n) is 9.25. The summed E-state index contributed by atoms with van der Waals surface area (Å²) in [7, 11) is 0. The van der Waals surface area contributed by atoms with Crippen molar-refractivity contribution in [1.29, 1.82) is 0 Å². The van der Waals surface area contributed by atoms with Gasteiger partial charge in [0.05, 0.1) is 5.92 Å². The van der Waals surface area contributed by atoms with Crippen LogP contribution < -0.4 is 10.1 Å². The van der Waals surface area contributed by atoms with Crippen molar-refractivity contribution in [2.75, 3.05) is 5.32 Å². The molecule has 1 amide bonds. The SMILES string of the molecule is CC1C(=O)Nc2ccc(OC(=C(C(=O)O)c3ccccc3)c3ccccc3)cc21. The van der Waals surface area contributed by atoms with E-state index in [9.17, 15) is 14.7 Å². The molecular formula is C24H19NO4. The van der Waals surface area contributed by atoms with Gasteiger partial charge in [-0.2, -0.15) is 0 Å².